The van der Waals surface area contributed by atoms with Gasteiger partial charge < -0.3 is 15.3 Å². The Morgan fingerprint density at radius 1 is 1.33 bits per heavy atom. The van der Waals surface area contributed by atoms with Crippen LogP contribution in [-0.2, 0) is 0 Å². The third-order valence-electron chi connectivity index (χ3n) is 3.13. The molecule has 1 unspecified atom stereocenters. The zero-order chi connectivity index (χ0) is 11.3. The van der Waals surface area contributed by atoms with Crippen molar-refractivity contribution in [1.29, 1.82) is 0 Å². The number of hydrogen-bond acceptors (Lipinski definition) is 3. The van der Waals surface area contributed by atoms with Crippen LogP contribution in [0.25, 0.3) is 0 Å². The number of likely N-dealkylation sites (N-methyl/N-ethyl adjacent to an activating group) is 1. The van der Waals surface area contributed by atoms with Gasteiger partial charge in [-0.25, -0.2) is 0 Å². The third-order valence-corrected chi connectivity index (χ3v) is 3.13. The van der Waals surface area contributed by atoms with Crippen molar-refractivity contribution in [2.75, 3.05) is 26.7 Å². The van der Waals surface area contributed by atoms with Crippen LogP contribution in [0.15, 0.2) is 0 Å². The summed E-state index contributed by atoms with van der Waals surface area (Å²) in [5, 5.41) is 13.1. The average Bonchev–Trinajstić information content (AvgIpc) is 1.98. The van der Waals surface area contributed by atoms with Gasteiger partial charge in [0.15, 0.2) is 0 Å². The molecule has 2 N–H and O–H groups in total. The molecule has 1 saturated carbocycles. The van der Waals surface area contributed by atoms with Crippen LogP contribution in [0, 0.1) is 5.92 Å². The molecule has 0 aromatic carbocycles. The highest BCUT2D eigenvalue weighted by Gasteiger charge is 2.23. The van der Waals surface area contributed by atoms with Crippen LogP contribution in [0.1, 0.15) is 33.1 Å². The molecule has 1 aliphatic carbocycles. The van der Waals surface area contributed by atoms with Crippen LogP contribution in [-0.4, -0.2) is 48.8 Å². The third kappa shape index (κ3) is 4.96. The minimum atomic E-state index is -0.227. The van der Waals surface area contributed by atoms with E-state index in [1.54, 1.807) is 0 Å². The molecule has 3 heteroatoms. The molecule has 0 bridgehead atoms. The zero-order valence-electron chi connectivity index (χ0n) is 10.4. The van der Waals surface area contributed by atoms with Crippen molar-refractivity contribution in [2.45, 2.75) is 45.3 Å². The van der Waals surface area contributed by atoms with Crippen LogP contribution in [0.3, 0.4) is 0 Å². The minimum absolute atomic E-state index is 0.227. The predicted octanol–water partition coefficient (Wildman–Crippen LogP) is 1.08. The van der Waals surface area contributed by atoms with E-state index in [2.05, 4.69) is 31.1 Å². The summed E-state index contributed by atoms with van der Waals surface area (Å²) in [6.45, 7) is 6.87. The molecule has 0 amide bonds. The molecule has 0 heterocycles. The summed E-state index contributed by atoms with van der Waals surface area (Å²) >= 11 is 0. The fraction of sp³-hybridized carbons (Fsp3) is 1.00. The topological polar surface area (TPSA) is 35.5 Å². The van der Waals surface area contributed by atoms with Crippen molar-refractivity contribution in [3.05, 3.63) is 0 Å². The predicted molar refractivity (Wildman–Crippen MR) is 64.0 cm³/mol. The van der Waals surface area contributed by atoms with Crippen LogP contribution in [0.4, 0.5) is 0 Å². The van der Waals surface area contributed by atoms with E-state index in [1.165, 1.54) is 19.3 Å². The second kappa shape index (κ2) is 6.46. The molecule has 0 aromatic heterocycles. The minimum Gasteiger partial charge on any atom is -0.390 e. The zero-order valence-corrected chi connectivity index (χ0v) is 10.4. The van der Waals surface area contributed by atoms with Gasteiger partial charge in [0.1, 0.15) is 0 Å². The van der Waals surface area contributed by atoms with E-state index in [4.69, 9.17) is 0 Å². The van der Waals surface area contributed by atoms with Gasteiger partial charge in [-0.3, -0.25) is 0 Å². The molecular weight excluding hydrogens is 188 g/mol. The van der Waals surface area contributed by atoms with Crippen LogP contribution in [0.5, 0.6) is 0 Å². The molecule has 1 aliphatic rings. The highest BCUT2D eigenvalue weighted by molar-refractivity contribution is 4.79. The molecule has 1 rings (SSSR count). The maximum Gasteiger partial charge on any atom is 0.0791 e. The summed E-state index contributed by atoms with van der Waals surface area (Å²) in [4.78, 5) is 2.30. The summed E-state index contributed by atoms with van der Waals surface area (Å²) in [7, 11) is 2.12. The lowest BCUT2D eigenvalue weighted by Crippen LogP contribution is -2.44. The fourth-order valence-electron chi connectivity index (χ4n) is 1.91. The van der Waals surface area contributed by atoms with Crippen LogP contribution in [0.2, 0.25) is 0 Å². The lowest BCUT2D eigenvalue weighted by atomic mass is 9.92. The maximum absolute atomic E-state index is 9.80. The Balaban J connectivity index is 2.03. The van der Waals surface area contributed by atoms with Gasteiger partial charge in [-0.1, -0.05) is 20.3 Å². The second-order valence-electron chi connectivity index (χ2n) is 5.23. The van der Waals surface area contributed by atoms with Gasteiger partial charge in [-0.05, 0) is 32.4 Å². The first kappa shape index (κ1) is 12.9. The van der Waals surface area contributed by atoms with Gasteiger partial charge in [0.2, 0.25) is 0 Å². The number of hydrogen-bond donors (Lipinski definition) is 2. The number of nitrogens with one attached hydrogen (secondary N) is 1. The van der Waals surface area contributed by atoms with E-state index in [0.717, 1.165) is 25.7 Å². The Bertz CT molecular complexity index is 169. The van der Waals surface area contributed by atoms with Gasteiger partial charge in [0, 0.05) is 19.1 Å². The van der Waals surface area contributed by atoms with E-state index in [9.17, 15) is 5.11 Å². The molecule has 3 nitrogen and oxygen atoms in total. The van der Waals surface area contributed by atoms with Crippen molar-refractivity contribution in [3.63, 3.8) is 0 Å². The highest BCUT2D eigenvalue weighted by atomic mass is 16.3. The number of nitrogens with zero attached hydrogens (tertiary/aromatic N) is 1. The molecule has 1 atom stereocenters. The molecule has 0 spiro atoms. The molecule has 0 aromatic rings. The van der Waals surface area contributed by atoms with Crippen molar-refractivity contribution >= 4 is 0 Å². The highest BCUT2D eigenvalue weighted by Crippen LogP contribution is 2.23. The molecular formula is C12H26N2O. The Morgan fingerprint density at radius 2 is 2.00 bits per heavy atom. The standard InChI is InChI=1S/C12H26N2O/c1-10(2)7-13-8-12(15)9-14(3)11-5-4-6-11/h10-13,15H,4-9H2,1-3H3. The first-order valence-electron chi connectivity index (χ1n) is 6.18. The fourth-order valence-corrected chi connectivity index (χ4v) is 1.91. The van der Waals surface area contributed by atoms with E-state index in [0.29, 0.717) is 5.92 Å². The van der Waals surface area contributed by atoms with Crippen molar-refractivity contribution in [3.8, 4) is 0 Å². The smallest absolute Gasteiger partial charge is 0.0791 e. The van der Waals surface area contributed by atoms with Gasteiger partial charge in [0.05, 0.1) is 6.10 Å². The molecule has 0 aliphatic heterocycles. The molecule has 0 saturated heterocycles. The van der Waals surface area contributed by atoms with Gasteiger partial charge in [-0.15, -0.1) is 0 Å². The maximum atomic E-state index is 9.80. The lowest BCUT2D eigenvalue weighted by Gasteiger charge is -2.35. The van der Waals surface area contributed by atoms with Crippen molar-refractivity contribution < 1.29 is 5.11 Å². The summed E-state index contributed by atoms with van der Waals surface area (Å²) in [5.41, 5.74) is 0. The van der Waals surface area contributed by atoms with Gasteiger partial charge >= 0.3 is 0 Å². The largest absolute Gasteiger partial charge is 0.390 e. The number of aliphatic hydroxyl groups excluding tert-OH is 1. The molecule has 1 fully saturated rings. The Hall–Kier alpha value is -0.120. The van der Waals surface area contributed by atoms with Crippen molar-refractivity contribution in [1.82, 2.24) is 10.2 Å². The lowest BCUT2D eigenvalue weighted by molar-refractivity contribution is 0.0771. The Kier molecular flexibility index (Phi) is 5.58. The summed E-state index contributed by atoms with van der Waals surface area (Å²) in [6.07, 6.45) is 3.75. The van der Waals surface area contributed by atoms with Gasteiger partial charge in [-0.2, -0.15) is 0 Å². The summed E-state index contributed by atoms with van der Waals surface area (Å²) < 4.78 is 0. The van der Waals surface area contributed by atoms with Gasteiger partial charge in [0.25, 0.3) is 0 Å². The van der Waals surface area contributed by atoms with E-state index >= 15 is 0 Å². The normalized spacial score (nSPS) is 19.6. The second-order valence-corrected chi connectivity index (χ2v) is 5.23. The van der Waals surface area contributed by atoms with Crippen molar-refractivity contribution in [2.24, 2.45) is 5.92 Å². The van der Waals surface area contributed by atoms with E-state index in [-0.39, 0.29) is 6.10 Å². The van der Waals surface area contributed by atoms with Crippen LogP contribution < -0.4 is 5.32 Å². The number of aliphatic hydroxyl groups is 1. The Labute approximate surface area is 93.9 Å². The molecule has 0 radical (unpaired) electrons. The monoisotopic (exact) mass is 214 g/mol. The number of rotatable bonds is 7. The quantitative estimate of drug-likeness (QED) is 0.665. The van der Waals surface area contributed by atoms with Crippen LogP contribution >= 0.6 is 0 Å². The van der Waals surface area contributed by atoms with E-state index in [1.807, 2.05) is 0 Å². The van der Waals surface area contributed by atoms with E-state index < -0.39 is 0 Å². The first-order valence-corrected chi connectivity index (χ1v) is 6.18. The SMILES string of the molecule is CC(C)CNCC(O)CN(C)C1CCC1. The Morgan fingerprint density at radius 3 is 2.47 bits per heavy atom. The first-order chi connectivity index (χ1) is 7.09. The molecule has 15 heavy (non-hydrogen) atoms. The summed E-state index contributed by atoms with van der Waals surface area (Å²) in [6, 6.07) is 0.727. The molecule has 90 valence electrons. The summed E-state index contributed by atoms with van der Waals surface area (Å²) in [5.74, 6) is 0.654. The average molecular weight is 214 g/mol.